The lowest BCUT2D eigenvalue weighted by atomic mass is 9.81. The maximum Gasteiger partial charge on any atom is 0.228 e. The molecule has 7 rings (SSSR count). The summed E-state index contributed by atoms with van der Waals surface area (Å²) in [7, 11) is 2.18. The van der Waals surface area contributed by atoms with E-state index in [4.69, 9.17) is 4.74 Å². The predicted octanol–water partition coefficient (Wildman–Crippen LogP) is 9.37. The lowest BCUT2D eigenvalue weighted by Crippen LogP contribution is -2.32. The van der Waals surface area contributed by atoms with E-state index in [0.717, 1.165) is 23.8 Å². The van der Waals surface area contributed by atoms with Crippen molar-refractivity contribution in [1.82, 2.24) is 0 Å². The van der Waals surface area contributed by atoms with Crippen LogP contribution in [0.4, 0.5) is 0 Å². The molecule has 1 fully saturated rings. The first-order chi connectivity index (χ1) is 18.3. The van der Waals surface area contributed by atoms with Crippen molar-refractivity contribution in [3.63, 3.8) is 0 Å². The smallest absolute Gasteiger partial charge is 0.228 e. The van der Waals surface area contributed by atoms with Crippen LogP contribution in [0, 0.1) is 18.3 Å². The summed E-state index contributed by atoms with van der Waals surface area (Å²) in [5.41, 5.74) is 6.75. The van der Waals surface area contributed by atoms with E-state index >= 15 is 0 Å². The lowest BCUT2D eigenvalue weighted by Gasteiger charge is -2.28. The maximum absolute atomic E-state index is 7.14. The van der Waals surface area contributed by atoms with Crippen molar-refractivity contribution in [3.05, 3.63) is 77.5 Å². The van der Waals surface area contributed by atoms with Crippen molar-refractivity contribution < 1.29 is 9.30 Å². The monoisotopic (exact) mass is 500 g/mol. The molecule has 0 bridgehead atoms. The Kier molecular flexibility index (Phi) is 5.34. The van der Waals surface area contributed by atoms with Gasteiger partial charge in [0, 0.05) is 17.0 Å². The SMILES string of the molecule is Cc1c2c(c(CC(C)(C)C)c3ccccc13)Oc1c3ccc(CC4CCCC4)cc3cc3cc[n+](C)c-2c13. The highest BCUT2D eigenvalue weighted by Crippen LogP contribution is 2.53. The first kappa shape index (κ1) is 23.7. The van der Waals surface area contributed by atoms with Crippen molar-refractivity contribution in [3.8, 4) is 22.8 Å². The van der Waals surface area contributed by atoms with Crippen LogP contribution in [-0.2, 0) is 19.9 Å². The molecule has 0 spiro atoms. The Morgan fingerprint density at radius 3 is 2.39 bits per heavy atom. The van der Waals surface area contributed by atoms with Crippen LogP contribution in [0.3, 0.4) is 0 Å². The summed E-state index contributed by atoms with van der Waals surface area (Å²) in [6.07, 6.45) is 9.93. The van der Waals surface area contributed by atoms with E-state index in [-0.39, 0.29) is 5.41 Å². The molecule has 4 aromatic carbocycles. The number of pyridine rings is 1. The number of nitrogens with zero attached hydrogens (tertiary/aromatic N) is 1. The van der Waals surface area contributed by atoms with E-state index in [0.29, 0.717) is 0 Å². The molecule has 2 heterocycles. The van der Waals surface area contributed by atoms with Crippen LogP contribution >= 0.6 is 0 Å². The zero-order valence-corrected chi connectivity index (χ0v) is 23.4. The molecule has 1 saturated carbocycles. The van der Waals surface area contributed by atoms with Gasteiger partial charge in [-0.1, -0.05) is 88.9 Å². The topological polar surface area (TPSA) is 13.1 Å². The van der Waals surface area contributed by atoms with Gasteiger partial charge in [0.05, 0.1) is 10.9 Å². The molecule has 2 nitrogen and oxygen atoms in total. The third-order valence-corrected chi connectivity index (χ3v) is 8.93. The number of hydrogen-bond acceptors (Lipinski definition) is 1. The Balaban J connectivity index is 1.52. The van der Waals surface area contributed by atoms with Crippen molar-refractivity contribution in [2.45, 2.75) is 66.2 Å². The van der Waals surface area contributed by atoms with Crippen LogP contribution in [0.5, 0.6) is 11.5 Å². The van der Waals surface area contributed by atoms with Gasteiger partial charge in [0.2, 0.25) is 5.69 Å². The van der Waals surface area contributed by atoms with Gasteiger partial charge in [-0.15, -0.1) is 0 Å². The summed E-state index contributed by atoms with van der Waals surface area (Å²) < 4.78 is 9.45. The van der Waals surface area contributed by atoms with E-state index in [9.17, 15) is 0 Å². The van der Waals surface area contributed by atoms with Gasteiger partial charge < -0.3 is 4.74 Å². The van der Waals surface area contributed by atoms with Crippen molar-refractivity contribution >= 4 is 32.3 Å². The average Bonchev–Trinajstić information content (AvgIpc) is 3.40. The molecule has 1 aromatic heterocycles. The summed E-state index contributed by atoms with van der Waals surface area (Å²) in [6.45, 7) is 9.25. The number of ether oxygens (including phenoxy) is 1. The fourth-order valence-electron chi connectivity index (χ4n) is 7.20. The highest BCUT2D eigenvalue weighted by atomic mass is 16.5. The second kappa shape index (κ2) is 8.56. The Morgan fingerprint density at radius 1 is 0.868 bits per heavy atom. The highest BCUT2D eigenvalue weighted by molar-refractivity contribution is 6.13. The normalized spacial score (nSPS) is 15.4. The number of hydrogen-bond donors (Lipinski definition) is 0. The second-order valence-electron chi connectivity index (χ2n) is 13.0. The van der Waals surface area contributed by atoms with Crippen LogP contribution in [-0.4, -0.2) is 0 Å². The Hall–Kier alpha value is -3.39. The number of aromatic nitrogens is 1. The minimum Gasteiger partial charge on any atom is -0.455 e. The van der Waals surface area contributed by atoms with Crippen LogP contribution < -0.4 is 9.30 Å². The zero-order chi connectivity index (χ0) is 26.2. The number of fused-ring (bicyclic) bond motifs is 5. The Morgan fingerprint density at radius 2 is 1.63 bits per heavy atom. The highest BCUT2D eigenvalue weighted by Gasteiger charge is 2.34. The molecule has 38 heavy (non-hydrogen) atoms. The van der Waals surface area contributed by atoms with Gasteiger partial charge in [0.25, 0.3) is 0 Å². The quantitative estimate of drug-likeness (QED) is 0.174. The molecule has 1 aliphatic heterocycles. The largest absolute Gasteiger partial charge is 0.455 e. The van der Waals surface area contributed by atoms with E-state index in [1.54, 1.807) is 0 Å². The average molecular weight is 501 g/mol. The van der Waals surface area contributed by atoms with Crippen molar-refractivity contribution in [2.75, 3.05) is 0 Å². The molecule has 0 N–H and O–H groups in total. The van der Waals surface area contributed by atoms with Gasteiger partial charge in [-0.3, -0.25) is 0 Å². The summed E-state index contributed by atoms with van der Waals surface area (Å²) in [5.74, 6) is 2.92. The molecular weight excluding hydrogens is 462 g/mol. The van der Waals surface area contributed by atoms with Gasteiger partial charge in [0.15, 0.2) is 6.20 Å². The molecule has 0 amide bonds. The first-order valence-corrected chi connectivity index (χ1v) is 14.4. The van der Waals surface area contributed by atoms with Crippen molar-refractivity contribution in [1.29, 1.82) is 0 Å². The van der Waals surface area contributed by atoms with Crippen molar-refractivity contribution in [2.24, 2.45) is 18.4 Å². The van der Waals surface area contributed by atoms with E-state index in [1.165, 1.54) is 92.4 Å². The van der Waals surface area contributed by atoms with Gasteiger partial charge in [-0.05, 0) is 69.8 Å². The maximum atomic E-state index is 7.14. The van der Waals surface area contributed by atoms with Gasteiger partial charge in [-0.2, -0.15) is 0 Å². The Bertz CT molecular complexity index is 1750. The number of rotatable bonds is 3. The van der Waals surface area contributed by atoms with E-state index in [1.807, 2.05) is 0 Å². The molecule has 0 unspecified atom stereocenters. The standard InChI is InChI=1S/C36H38NO/c1-22-27-12-8-9-13-29(27)30(21-36(2,3)4)35-31(22)33-32-25(16-17-37(33)5)20-26-19-24(18-23-10-6-7-11-23)14-15-28(26)34(32)38-35/h8-9,12-17,19-20,23H,6-7,10-11,18,21H2,1-5H3/q+1. The minimum absolute atomic E-state index is 0.136. The van der Waals surface area contributed by atoms with Gasteiger partial charge >= 0.3 is 0 Å². The molecule has 5 aromatic rings. The van der Waals surface area contributed by atoms with Crippen LogP contribution in [0.25, 0.3) is 43.6 Å². The van der Waals surface area contributed by atoms with Crippen LogP contribution in [0.15, 0.2) is 60.8 Å². The molecule has 0 saturated heterocycles. The fraction of sp³-hybridized carbons (Fsp3) is 0.361. The number of aryl methyl sites for hydroxylation is 2. The van der Waals surface area contributed by atoms with E-state index < -0.39 is 0 Å². The summed E-state index contributed by atoms with van der Waals surface area (Å²) in [4.78, 5) is 0. The number of benzene rings is 4. The molecule has 1 aliphatic carbocycles. The predicted molar refractivity (Wildman–Crippen MR) is 159 cm³/mol. The molecular formula is C36H38NO+. The zero-order valence-electron chi connectivity index (χ0n) is 23.4. The van der Waals surface area contributed by atoms with Gasteiger partial charge in [0.1, 0.15) is 18.5 Å². The molecule has 192 valence electrons. The summed E-state index contributed by atoms with van der Waals surface area (Å²) in [6, 6.07) is 20.6. The lowest BCUT2D eigenvalue weighted by molar-refractivity contribution is -0.659. The third-order valence-electron chi connectivity index (χ3n) is 8.93. The fourth-order valence-corrected chi connectivity index (χ4v) is 7.20. The summed E-state index contributed by atoms with van der Waals surface area (Å²) >= 11 is 0. The molecule has 2 aliphatic rings. The minimum atomic E-state index is 0.136. The van der Waals surface area contributed by atoms with E-state index in [2.05, 4.69) is 100 Å². The van der Waals surface area contributed by atoms with Gasteiger partial charge in [-0.25, -0.2) is 4.57 Å². The molecule has 0 radical (unpaired) electrons. The third kappa shape index (κ3) is 3.72. The Labute approximate surface area is 226 Å². The summed E-state index contributed by atoms with van der Waals surface area (Å²) in [5, 5.41) is 7.65. The van der Waals surface area contributed by atoms with Crippen LogP contribution in [0.1, 0.15) is 63.1 Å². The van der Waals surface area contributed by atoms with Crippen LogP contribution in [0.2, 0.25) is 0 Å². The first-order valence-electron chi connectivity index (χ1n) is 14.4. The second-order valence-corrected chi connectivity index (χ2v) is 13.0. The molecule has 2 heteroatoms. The molecule has 0 atom stereocenters.